The molecule has 0 unspecified atom stereocenters. The summed E-state index contributed by atoms with van der Waals surface area (Å²) in [5, 5.41) is 17.2. The van der Waals surface area contributed by atoms with Crippen molar-refractivity contribution in [1.82, 2.24) is 0 Å². The Morgan fingerprint density at radius 1 is 0.400 bits per heavy atom. The molecule has 0 N–H and O–H groups in total. The Kier molecular flexibility index (Phi) is 7.47. The Labute approximate surface area is 206 Å². The van der Waals surface area contributed by atoms with Crippen LogP contribution in [-0.4, -0.2) is 28.2 Å². The van der Waals surface area contributed by atoms with E-state index in [9.17, 15) is 0 Å². The Morgan fingerprint density at radius 2 is 0.657 bits per heavy atom. The molecule has 0 atom stereocenters. The van der Waals surface area contributed by atoms with Crippen LogP contribution in [0.1, 0.15) is 0 Å². The van der Waals surface area contributed by atoms with E-state index in [2.05, 4.69) is 20.5 Å². The van der Waals surface area contributed by atoms with Gasteiger partial charge >= 0.3 is 0 Å². The first kappa shape index (κ1) is 23.6. The zero-order valence-corrected chi connectivity index (χ0v) is 20.3. The first-order valence-corrected chi connectivity index (χ1v) is 11.2. The van der Waals surface area contributed by atoms with Gasteiger partial charge in [-0.25, -0.2) is 0 Å². The monoisotopic (exact) mass is 464 g/mol. The molecule has 0 saturated carbocycles. The summed E-state index contributed by atoms with van der Waals surface area (Å²) in [5.74, 6) is 1.43. The van der Waals surface area contributed by atoms with Crippen LogP contribution in [0.4, 0.5) is 34.1 Å². The fourth-order valence-electron chi connectivity index (χ4n) is 3.16. The normalized spacial score (nSPS) is 11.2. The van der Waals surface area contributed by atoms with Crippen molar-refractivity contribution < 1.29 is 4.74 Å². The van der Waals surface area contributed by atoms with Gasteiger partial charge in [0.15, 0.2) is 0 Å². The highest BCUT2D eigenvalue weighted by Gasteiger charge is 2.00. The van der Waals surface area contributed by atoms with Crippen LogP contribution in [-0.2, 0) is 0 Å². The molecule has 0 fully saturated rings. The Hall–Kier alpha value is -4.52. The average molecular weight is 465 g/mol. The molecule has 4 rings (SSSR count). The summed E-state index contributed by atoms with van der Waals surface area (Å²) < 4.78 is 5.93. The largest absolute Gasteiger partial charge is 0.457 e. The van der Waals surface area contributed by atoms with Gasteiger partial charge in [0.25, 0.3) is 0 Å². The zero-order valence-electron chi connectivity index (χ0n) is 20.3. The SMILES string of the molecule is CN(C)c1ccc(N=Nc2ccc(Oc3ccc(N=Nc4ccc(N(C)C)cc4)cc3)cc2)cc1. The lowest BCUT2D eigenvalue weighted by molar-refractivity contribution is 0.483. The van der Waals surface area contributed by atoms with Crippen LogP contribution >= 0.6 is 0 Å². The quantitative estimate of drug-likeness (QED) is 0.246. The van der Waals surface area contributed by atoms with E-state index in [0.717, 1.165) is 45.6 Å². The minimum absolute atomic E-state index is 0.717. The van der Waals surface area contributed by atoms with Crippen molar-refractivity contribution in [2.75, 3.05) is 38.0 Å². The van der Waals surface area contributed by atoms with Crippen molar-refractivity contribution >= 4 is 34.1 Å². The van der Waals surface area contributed by atoms with Gasteiger partial charge in [0.05, 0.1) is 22.7 Å². The number of azo groups is 2. The van der Waals surface area contributed by atoms with E-state index < -0.39 is 0 Å². The molecular weight excluding hydrogens is 436 g/mol. The fraction of sp³-hybridized carbons (Fsp3) is 0.143. The summed E-state index contributed by atoms with van der Waals surface area (Å²) in [6.07, 6.45) is 0. The van der Waals surface area contributed by atoms with E-state index in [1.165, 1.54) is 0 Å². The molecule has 0 radical (unpaired) electrons. The third-order valence-electron chi connectivity index (χ3n) is 5.20. The zero-order chi connectivity index (χ0) is 24.6. The number of nitrogens with zero attached hydrogens (tertiary/aromatic N) is 6. The van der Waals surface area contributed by atoms with E-state index in [1.54, 1.807) is 0 Å². The number of benzene rings is 4. The predicted octanol–water partition coefficient (Wildman–Crippen LogP) is 8.44. The molecule has 7 nitrogen and oxygen atoms in total. The Bertz CT molecular complexity index is 1170. The third kappa shape index (κ3) is 6.74. The molecule has 0 bridgehead atoms. The second kappa shape index (κ2) is 11.1. The summed E-state index contributed by atoms with van der Waals surface area (Å²) in [7, 11) is 8.03. The molecule has 7 heteroatoms. The van der Waals surface area contributed by atoms with Crippen LogP contribution < -0.4 is 14.5 Å². The number of hydrogen-bond donors (Lipinski definition) is 0. The molecule has 0 saturated heterocycles. The van der Waals surface area contributed by atoms with Gasteiger partial charge in [-0.05, 0) is 97.1 Å². The van der Waals surface area contributed by atoms with Crippen molar-refractivity contribution in [2.24, 2.45) is 20.5 Å². The van der Waals surface area contributed by atoms with Gasteiger partial charge in [0.2, 0.25) is 0 Å². The third-order valence-corrected chi connectivity index (χ3v) is 5.20. The fourth-order valence-corrected chi connectivity index (χ4v) is 3.16. The first-order valence-electron chi connectivity index (χ1n) is 11.2. The van der Waals surface area contributed by atoms with E-state index in [-0.39, 0.29) is 0 Å². The predicted molar refractivity (Wildman–Crippen MR) is 143 cm³/mol. The van der Waals surface area contributed by atoms with E-state index in [1.807, 2.05) is 135 Å². The Morgan fingerprint density at radius 3 is 0.914 bits per heavy atom. The number of hydrogen-bond acceptors (Lipinski definition) is 7. The van der Waals surface area contributed by atoms with Crippen LogP contribution in [0.2, 0.25) is 0 Å². The molecule has 176 valence electrons. The van der Waals surface area contributed by atoms with E-state index in [4.69, 9.17) is 4.74 Å². The maximum Gasteiger partial charge on any atom is 0.127 e. The smallest absolute Gasteiger partial charge is 0.127 e. The van der Waals surface area contributed by atoms with Crippen LogP contribution in [0.15, 0.2) is 118 Å². The number of ether oxygens (including phenoxy) is 1. The van der Waals surface area contributed by atoms with E-state index >= 15 is 0 Å². The lowest BCUT2D eigenvalue weighted by Gasteiger charge is -2.11. The van der Waals surface area contributed by atoms with Crippen molar-refractivity contribution in [3.63, 3.8) is 0 Å². The van der Waals surface area contributed by atoms with Gasteiger partial charge in [-0.15, -0.1) is 0 Å². The van der Waals surface area contributed by atoms with Gasteiger partial charge in [0.1, 0.15) is 11.5 Å². The van der Waals surface area contributed by atoms with Crippen LogP contribution in [0, 0.1) is 0 Å². The minimum atomic E-state index is 0.717. The maximum atomic E-state index is 5.93. The molecule has 4 aromatic rings. The van der Waals surface area contributed by atoms with Crippen molar-refractivity contribution in [2.45, 2.75) is 0 Å². The van der Waals surface area contributed by atoms with Gasteiger partial charge in [0, 0.05) is 39.6 Å². The molecule has 0 aliphatic carbocycles. The molecule has 0 aromatic heterocycles. The number of rotatable bonds is 8. The lowest BCUT2D eigenvalue weighted by atomic mass is 10.3. The van der Waals surface area contributed by atoms with Crippen molar-refractivity contribution in [3.8, 4) is 11.5 Å². The maximum absolute atomic E-state index is 5.93. The molecule has 0 heterocycles. The summed E-state index contributed by atoms with van der Waals surface area (Å²) in [6, 6.07) is 30.8. The summed E-state index contributed by atoms with van der Waals surface area (Å²) >= 11 is 0. The second-order valence-corrected chi connectivity index (χ2v) is 8.31. The Balaban J connectivity index is 1.33. The van der Waals surface area contributed by atoms with E-state index in [0.29, 0.717) is 0 Å². The average Bonchev–Trinajstić information content (AvgIpc) is 2.88. The molecule has 0 amide bonds. The highest BCUT2D eigenvalue weighted by atomic mass is 16.5. The second-order valence-electron chi connectivity index (χ2n) is 8.31. The van der Waals surface area contributed by atoms with Crippen molar-refractivity contribution in [3.05, 3.63) is 97.1 Å². The highest BCUT2D eigenvalue weighted by molar-refractivity contribution is 5.53. The summed E-state index contributed by atoms with van der Waals surface area (Å²) in [4.78, 5) is 4.09. The summed E-state index contributed by atoms with van der Waals surface area (Å²) in [6.45, 7) is 0. The standard InChI is InChI=1S/C28H28N6O/c1-33(2)25-13-5-21(6-14-25)29-31-23-9-17-27(18-10-23)35-28-19-11-24(12-20-28)32-30-22-7-15-26(16-8-22)34(3)4/h5-20H,1-4H3. The van der Waals surface area contributed by atoms with Gasteiger partial charge in [-0.2, -0.15) is 20.5 Å². The molecular formula is C28H28N6O. The van der Waals surface area contributed by atoms with Gasteiger partial charge in [-0.1, -0.05) is 0 Å². The van der Waals surface area contributed by atoms with Crippen LogP contribution in [0.5, 0.6) is 11.5 Å². The van der Waals surface area contributed by atoms with Gasteiger partial charge < -0.3 is 14.5 Å². The van der Waals surface area contributed by atoms with Gasteiger partial charge in [-0.3, -0.25) is 0 Å². The first-order chi connectivity index (χ1) is 17.0. The topological polar surface area (TPSA) is 65.1 Å². The van der Waals surface area contributed by atoms with Crippen LogP contribution in [0.3, 0.4) is 0 Å². The molecule has 35 heavy (non-hydrogen) atoms. The molecule has 4 aromatic carbocycles. The highest BCUT2D eigenvalue weighted by Crippen LogP contribution is 2.28. The minimum Gasteiger partial charge on any atom is -0.457 e. The lowest BCUT2D eigenvalue weighted by Crippen LogP contribution is -2.07. The number of anilines is 2. The molecule has 0 aliphatic heterocycles. The summed E-state index contributed by atoms with van der Waals surface area (Å²) in [5.41, 5.74) is 5.36. The van der Waals surface area contributed by atoms with Crippen molar-refractivity contribution in [1.29, 1.82) is 0 Å². The molecule has 0 spiro atoms. The van der Waals surface area contributed by atoms with Crippen LogP contribution in [0.25, 0.3) is 0 Å². The molecule has 0 aliphatic rings.